The minimum absolute atomic E-state index is 0.0247. The number of amides is 1. The fourth-order valence-corrected chi connectivity index (χ4v) is 4.20. The van der Waals surface area contributed by atoms with Crippen LogP contribution in [0.3, 0.4) is 0 Å². The van der Waals surface area contributed by atoms with Gasteiger partial charge >= 0.3 is 0 Å². The Hall–Kier alpha value is -2.73. The van der Waals surface area contributed by atoms with Crippen LogP contribution < -0.4 is 5.32 Å². The molecule has 5 nitrogen and oxygen atoms in total. The predicted octanol–water partition coefficient (Wildman–Crippen LogP) is 4.34. The van der Waals surface area contributed by atoms with Gasteiger partial charge < -0.3 is 9.73 Å². The van der Waals surface area contributed by atoms with E-state index in [0.717, 1.165) is 24.0 Å². The molecule has 1 N–H and O–H groups in total. The van der Waals surface area contributed by atoms with Crippen molar-refractivity contribution >= 4 is 16.7 Å². The molecule has 0 bridgehead atoms. The molecule has 0 saturated heterocycles. The molecule has 1 amide bonds. The Bertz CT molecular complexity index is 997. The molecule has 1 aromatic heterocycles. The molecule has 1 heterocycles. The minimum Gasteiger partial charge on any atom is -0.441 e. The number of benzene rings is 2. The monoisotopic (exact) mass is 424 g/mol. The molecule has 30 heavy (non-hydrogen) atoms. The quantitative estimate of drug-likeness (QED) is 0.554. The summed E-state index contributed by atoms with van der Waals surface area (Å²) in [7, 11) is -1.35. The first-order valence-corrected chi connectivity index (χ1v) is 11.6. The average Bonchev–Trinajstić information content (AvgIpc) is 3.07. The van der Waals surface area contributed by atoms with E-state index in [0.29, 0.717) is 17.3 Å². The highest BCUT2D eigenvalue weighted by Gasteiger charge is 2.17. The van der Waals surface area contributed by atoms with Crippen molar-refractivity contribution in [2.45, 2.75) is 45.4 Å². The number of hydrogen-bond donors (Lipinski definition) is 1. The molecule has 3 rings (SSSR count). The molecule has 3 aromatic rings. The Balaban J connectivity index is 1.49. The van der Waals surface area contributed by atoms with Crippen molar-refractivity contribution in [3.63, 3.8) is 0 Å². The number of nitrogens with one attached hydrogen (secondary N) is 1. The highest BCUT2D eigenvalue weighted by atomic mass is 32.2. The smallest absolute Gasteiger partial charge is 0.232 e. The van der Waals surface area contributed by atoms with E-state index in [-0.39, 0.29) is 23.5 Å². The van der Waals surface area contributed by atoms with E-state index >= 15 is 0 Å². The second-order valence-corrected chi connectivity index (χ2v) is 9.07. The van der Waals surface area contributed by atoms with E-state index in [1.54, 1.807) is 0 Å². The van der Waals surface area contributed by atoms with Crippen LogP contribution in [0.15, 0.2) is 59.0 Å². The van der Waals surface area contributed by atoms with Crippen LogP contribution in [0.1, 0.15) is 35.9 Å². The molecule has 0 fully saturated rings. The first kappa shape index (κ1) is 22.0. The Morgan fingerprint density at radius 1 is 1.10 bits per heavy atom. The lowest BCUT2D eigenvalue weighted by atomic mass is 10.1. The molecule has 2 atom stereocenters. The Morgan fingerprint density at radius 3 is 2.50 bits per heavy atom. The molecule has 0 aliphatic rings. The Kier molecular flexibility index (Phi) is 7.57. The molecular formula is C24H28N2O3S. The lowest BCUT2D eigenvalue weighted by Crippen LogP contribution is -2.36. The predicted molar refractivity (Wildman–Crippen MR) is 120 cm³/mol. The van der Waals surface area contributed by atoms with Gasteiger partial charge in [0.15, 0.2) is 0 Å². The number of aromatic nitrogens is 1. The topological polar surface area (TPSA) is 72.2 Å². The second kappa shape index (κ2) is 10.3. The number of rotatable bonds is 9. The first-order valence-electron chi connectivity index (χ1n) is 10.1. The van der Waals surface area contributed by atoms with Gasteiger partial charge in [-0.05, 0) is 51.3 Å². The van der Waals surface area contributed by atoms with Gasteiger partial charge in [-0.2, -0.15) is 0 Å². The van der Waals surface area contributed by atoms with Gasteiger partial charge in [-0.3, -0.25) is 9.00 Å². The lowest BCUT2D eigenvalue weighted by Gasteiger charge is -2.13. The van der Waals surface area contributed by atoms with Crippen molar-refractivity contribution in [3.05, 3.63) is 77.2 Å². The van der Waals surface area contributed by atoms with Gasteiger partial charge in [0.1, 0.15) is 11.5 Å². The van der Waals surface area contributed by atoms with Crippen LogP contribution in [-0.2, 0) is 27.8 Å². The summed E-state index contributed by atoms with van der Waals surface area (Å²) in [6.07, 6.45) is 1.73. The van der Waals surface area contributed by atoms with Crippen LogP contribution in [0.5, 0.6) is 0 Å². The molecule has 0 aliphatic heterocycles. The van der Waals surface area contributed by atoms with E-state index < -0.39 is 10.8 Å². The number of carbonyl (C=O) groups is 1. The van der Waals surface area contributed by atoms with Crippen LogP contribution in [0.25, 0.3) is 11.5 Å². The molecule has 2 aromatic carbocycles. The summed E-state index contributed by atoms with van der Waals surface area (Å²) in [6, 6.07) is 18.1. The third-order valence-electron chi connectivity index (χ3n) is 4.90. The molecule has 158 valence electrons. The SMILES string of the molecule is Cc1ccc(-c2nc(C[S@@](=O)CC(=O)N[C@H](C)CCc3ccccc3)c(C)o2)cc1. The average molecular weight is 425 g/mol. The fraction of sp³-hybridized carbons (Fsp3) is 0.333. The molecular weight excluding hydrogens is 396 g/mol. The van der Waals surface area contributed by atoms with E-state index in [9.17, 15) is 9.00 Å². The van der Waals surface area contributed by atoms with Crippen LogP contribution in [0, 0.1) is 13.8 Å². The number of aryl methyl sites for hydroxylation is 3. The molecule has 0 radical (unpaired) electrons. The maximum absolute atomic E-state index is 12.5. The summed E-state index contributed by atoms with van der Waals surface area (Å²) < 4.78 is 18.2. The van der Waals surface area contributed by atoms with E-state index in [2.05, 4.69) is 22.4 Å². The van der Waals surface area contributed by atoms with E-state index in [1.165, 1.54) is 5.56 Å². The second-order valence-electron chi connectivity index (χ2n) is 7.61. The number of hydrogen-bond acceptors (Lipinski definition) is 4. The summed E-state index contributed by atoms with van der Waals surface area (Å²) in [4.78, 5) is 16.8. The van der Waals surface area contributed by atoms with Gasteiger partial charge in [-0.15, -0.1) is 0 Å². The standard InChI is InChI=1S/C24H28N2O3S/c1-17-9-13-21(14-10-17)24-26-22(19(3)29-24)15-30(28)16-23(27)25-18(2)11-12-20-7-5-4-6-8-20/h4-10,13-14,18H,11-12,15-16H2,1-3H3,(H,25,27)/t18-,30-/m1/s1. The van der Waals surface area contributed by atoms with Crippen LogP contribution in [0.2, 0.25) is 0 Å². The van der Waals surface area contributed by atoms with Crippen LogP contribution in [-0.4, -0.2) is 26.9 Å². The molecule has 0 saturated carbocycles. The van der Waals surface area contributed by atoms with E-state index in [1.807, 2.05) is 63.2 Å². The Labute approximate surface area is 180 Å². The van der Waals surface area contributed by atoms with Gasteiger partial charge in [0.2, 0.25) is 11.8 Å². The maximum Gasteiger partial charge on any atom is 0.232 e. The largest absolute Gasteiger partial charge is 0.441 e. The van der Waals surface area contributed by atoms with E-state index in [4.69, 9.17) is 4.42 Å². The van der Waals surface area contributed by atoms with Gasteiger partial charge in [-0.1, -0.05) is 48.0 Å². The van der Waals surface area contributed by atoms with Crippen molar-refractivity contribution < 1.29 is 13.4 Å². The van der Waals surface area contributed by atoms with Gasteiger partial charge in [-0.25, -0.2) is 4.98 Å². The fourth-order valence-electron chi connectivity index (χ4n) is 3.15. The number of carbonyl (C=O) groups excluding carboxylic acids is 1. The maximum atomic E-state index is 12.5. The lowest BCUT2D eigenvalue weighted by molar-refractivity contribution is -0.119. The van der Waals surface area contributed by atoms with Gasteiger partial charge in [0, 0.05) is 22.4 Å². The zero-order valence-electron chi connectivity index (χ0n) is 17.7. The first-order chi connectivity index (χ1) is 14.4. The summed E-state index contributed by atoms with van der Waals surface area (Å²) >= 11 is 0. The normalized spacial score (nSPS) is 13.0. The van der Waals surface area contributed by atoms with Crippen LogP contribution in [0.4, 0.5) is 0 Å². The summed E-state index contributed by atoms with van der Waals surface area (Å²) in [6.45, 7) is 5.80. The molecule has 6 heteroatoms. The third-order valence-corrected chi connectivity index (χ3v) is 6.08. The van der Waals surface area contributed by atoms with Crippen molar-refractivity contribution in [1.29, 1.82) is 0 Å². The van der Waals surface area contributed by atoms with Gasteiger partial charge in [0.25, 0.3) is 0 Å². The number of oxazole rings is 1. The van der Waals surface area contributed by atoms with Crippen molar-refractivity contribution in [2.75, 3.05) is 5.75 Å². The van der Waals surface area contributed by atoms with Crippen LogP contribution >= 0.6 is 0 Å². The zero-order valence-corrected chi connectivity index (χ0v) is 18.5. The zero-order chi connectivity index (χ0) is 21.5. The third kappa shape index (κ3) is 6.39. The van der Waals surface area contributed by atoms with Crippen molar-refractivity contribution in [3.8, 4) is 11.5 Å². The highest BCUT2D eigenvalue weighted by molar-refractivity contribution is 7.84. The van der Waals surface area contributed by atoms with Crippen molar-refractivity contribution in [2.24, 2.45) is 0 Å². The molecule has 0 spiro atoms. The molecule has 0 aliphatic carbocycles. The summed E-state index contributed by atoms with van der Waals surface area (Å²) in [5.41, 5.74) is 3.92. The Morgan fingerprint density at radius 2 is 1.80 bits per heavy atom. The summed E-state index contributed by atoms with van der Waals surface area (Å²) in [5, 5.41) is 2.94. The van der Waals surface area contributed by atoms with Gasteiger partial charge in [0.05, 0.1) is 11.4 Å². The number of nitrogens with zero attached hydrogens (tertiary/aromatic N) is 1. The molecule has 0 unspecified atom stereocenters. The highest BCUT2D eigenvalue weighted by Crippen LogP contribution is 2.22. The van der Waals surface area contributed by atoms with Crippen molar-refractivity contribution in [1.82, 2.24) is 10.3 Å². The summed E-state index contributed by atoms with van der Waals surface area (Å²) in [5.74, 6) is 1.11. The minimum atomic E-state index is -1.35.